The molecular weight excluding hydrogens is 366 g/mol. The number of nitrogens with zero attached hydrogens (tertiary/aromatic N) is 3. The highest BCUT2D eigenvalue weighted by Crippen LogP contribution is 2.33. The molecule has 0 spiro atoms. The third-order valence-electron chi connectivity index (χ3n) is 3.83. The van der Waals surface area contributed by atoms with Crippen molar-refractivity contribution in [1.82, 2.24) is 20.2 Å². The monoisotopic (exact) mass is 385 g/mol. The van der Waals surface area contributed by atoms with Crippen LogP contribution in [0.1, 0.15) is 24.4 Å². The van der Waals surface area contributed by atoms with Gasteiger partial charge in [0, 0.05) is 28.5 Å². The third-order valence-corrected chi connectivity index (χ3v) is 5.27. The summed E-state index contributed by atoms with van der Waals surface area (Å²) >= 11 is 3.13. The molecule has 1 aromatic carbocycles. The number of hydrogen-bond donors (Lipinski definition) is 2. The molecule has 0 saturated carbocycles. The van der Waals surface area contributed by atoms with Crippen molar-refractivity contribution in [3.63, 3.8) is 0 Å². The number of hydrogen-bond acceptors (Lipinski definition) is 7. The van der Waals surface area contributed by atoms with Gasteiger partial charge in [0.25, 0.3) is 0 Å². The van der Waals surface area contributed by atoms with Gasteiger partial charge < -0.3 is 10.1 Å². The van der Waals surface area contributed by atoms with Crippen molar-refractivity contribution in [2.45, 2.75) is 26.9 Å². The van der Waals surface area contributed by atoms with E-state index in [1.165, 1.54) is 5.56 Å². The summed E-state index contributed by atoms with van der Waals surface area (Å²) in [5, 5.41) is 17.5. The lowest BCUT2D eigenvalue weighted by atomic mass is 10.0. The van der Waals surface area contributed by atoms with Gasteiger partial charge in [-0.3, -0.25) is 5.10 Å². The average molecular weight is 386 g/mol. The molecule has 0 aliphatic heterocycles. The quantitative estimate of drug-likeness (QED) is 0.468. The Hall–Kier alpha value is -2.45. The Bertz CT molecular complexity index is 977. The van der Waals surface area contributed by atoms with Gasteiger partial charge in [-0.1, -0.05) is 13.8 Å². The maximum absolute atomic E-state index is 6.07. The Morgan fingerprint density at radius 2 is 2.00 bits per heavy atom. The van der Waals surface area contributed by atoms with Gasteiger partial charge in [-0.15, -0.1) is 22.7 Å². The first kappa shape index (κ1) is 17.0. The largest absolute Gasteiger partial charge is 0.484 e. The van der Waals surface area contributed by atoms with E-state index in [4.69, 9.17) is 4.74 Å². The second-order valence-corrected chi connectivity index (χ2v) is 8.24. The van der Waals surface area contributed by atoms with Crippen LogP contribution in [-0.4, -0.2) is 20.2 Å². The molecule has 0 atom stereocenters. The molecule has 0 aliphatic carbocycles. The van der Waals surface area contributed by atoms with E-state index >= 15 is 0 Å². The van der Waals surface area contributed by atoms with E-state index in [2.05, 4.69) is 51.5 Å². The molecule has 2 N–H and O–H groups in total. The Morgan fingerprint density at radius 3 is 2.73 bits per heavy atom. The second kappa shape index (κ2) is 7.43. The molecule has 0 radical (unpaired) electrons. The van der Waals surface area contributed by atoms with Crippen molar-refractivity contribution in [3.8, 4) is 5.75 Å². The highest BCUT2D eigenvalue weighted by Gasteiger charge is 2.14. The molecule has 3 aromatic heterocycles. The van der Waals surface area contributed by atoms with E-state index in [0.29, 0.717) is 12.5 Å². The number of H-pyrrole nitrogens is 1. The minimum Gasteiger partial charge on any atom is -0.484 e. The maximum Gasteiger partial charge on any atom is 0.188 e. The lowest BCUT2D eigenvalue weighted by Crippen LogP contribution is -1.99. The van der Waals surface area contributed by atoms with Crippen LogP contribution in [0.3, 0.4) is 0 Å². The normalized spacial score (nSPS) is 11.3. The summed E-state index contributed by atoms with van der Waals surface area (Å²) in [5.41, 5.74) is 2.11. The molecule has 26 heavy (non-hydrogen) atoms. The molecule has 0 bridgehead atoms. The van der Waals surface area contributed by atoms with Crippen LogP contribution in [0.25, 0.3) is 10.9 Å². The van der Waals surface area contributed by atoms with E-state index in [0.717, 1.165) is 39.0 Å². The summed E-state index contributed by atoms with van der Waals surface area (Å²) in [6.07, 6.45) is 4.54. The van der Waals surface area contributed by atoms with Gasteiger partial charge in [0.1, 0.15) is 22.9 Å². The molecule has 3 heterocycles. The van der Waals surface area contributed by atoms with Crippen LogP contribution in [-0.2, 0) is 13.0 Å². The van der Waals surface area contributed by atoms with E-state index in [9.17, 15) is 0 Å². The number of anilines is 2. The molecule has 0 unspecified atom stereocenters. The predicted molar refractivity (Wildman–Crippen MR) is 106 cm³/mol. The van der Waals surface area contributed by atoms with Crippen LogP contribution in [0.5, 0.6) is 5.75 Å². The molecule has 6 nitrogen and oxygen atoms in total. The van der Waals surface area contributed by atoms with Gasteiger partial charge in [0.2, 0.25) is 0 Å². The summed E-state index contributed by atoms with van der Waals surface area (Å²) in [7, 11) is 0. The number of thiazole rings is 2. The average Bonchev–Trinajstić information content (AvgIpc) is 3.35. The fraction of sp³-hybridized carbons (Fsp3) is 0.278. The van der Waals surface area contributed by atoms with Crippen LogP contribution in [0.15, 0.2) is 35.3 Å². The number of ether oxygens (including phenoxy) is 1. The Balaban J connectivity index is 1.70. The SMILES string of the molecule is CC(C)Cc1cc(OCc2nccs2)c2[nH]nc(Nc3nccs3)c2c1. The van der Waals surface area contributed by atoms with Crippen LogP contribution in [0, 0.1) is 5.92 Å². The Kier molecular flexibility index (Phi) is 4.85. The van der Waals surface area contributed by atoms with Gasteiger partial charge in [-0.25, -0.2) is 9.97 Å². The van der Waals surface area contributed by atoms with Crippen molar-refractivity contribution in [2.24, 2.45) is 5.92 Å². The van der Waals surface area contributed by atoms with Crippen molar-refractivity contribution < 1.29 is 4.74 Å². The second-order valence-electron chi connectivity index (χ2n) is 6.36. The van der Waals surface area contributed by atoms with E-state index in [1.54, 1.807) is 35.1 Å². The minimum absolute atomic E-state index is 0.451. The molecule has 4 aromatic rings. The van der Waals surface area contributed by atoms with Crippen LogP contribution in [0.4, 0.5) is 10.9 Å². The van der Waals surface area contributed by atoms with Crippen LogP contribution < -0.4 is 10.1 Å². The van der Waals surface area contributed by atoms with Crippen molar-refractivity contribution in [1.29, 1.82) is 0 Å². The van der Waals surface area contributed by atoms with Crippen molar-refractivity contribution >= 4 is 44.5 Å². The smallest absolute Gasteiger partial charge is 0.188 e. The molecular formula is C18H19N5OS2. The minimum atomic E-state index is 0.451. The zero-order valence-electron chi connectivity index (χ0n) is 14.5. The summed E-state index contributed by atoms with van der Waals surface area (Å²) in [4.78, 5) is 8.56. The maximum atomic E-state index is 6.07. The molecule has 8 heteroatoms. The topological polar surface area (TPSA) is 75.7 Å². The number of aromatic amines is 1. The van der Waals surface area contributed by atoms with E-state index < -0.39 is 0 Å². The highest BCUT2D eigenvalue weighted by molar-refractivity contribution is 7.13. The number of fused-ring (bicyclic) bond motifs is 1. The first-order chi connectivity index (χ1) is 12.7. The Labute approximate surface area is 159 Å². The summed E-state index contributed by atoms with van der Waals surface area (Å²) in [6, 6.07) is 4.27. The van der Waals surface area contributed by atoms with Gasteiger partial charge in [-0.05, 0) is 30.0 Å². The van der Waals surface area contributed by atoms with Gasteiger partial charge in [0.15, 0.2) is 10.9 Å². The predicted octanol–water partition coefficient (Wildman–Crippen LogP) is 5.00. The molecule has 4 rings (SSSR count). The number of rotatable bonds is 7. The molecule has 0 aliphatic rings. The number of nitrogens with one attached hydrogen (secondary N) is 2. The van der Waals surface area contributed by atoms with Crippen LogP contribution in [0.2, 0.25) is 0 Å². The molecule has 134 valence electrons. The van der Waals surface area contributed by atoms with Gasteiger partial charge in [0.05, 0.1) is 0 Å². The third kappa shape index (κ3) is 3.71. The molecule has 0 fully saturated rings. The Morgan fingerprint density at radius 1 is 1.15 bits per heavy atom. The summed E-state index contributed by atoms with van der Waals surface area (Å²) in [5.74, 6) is 2.12. The van der Waals surface area contributed by atoms with Crippen molar-refractivity contribution in [2.75, 3.05) is 5.32 Å². The zero-order valence-corrected chi connectivity index (χ0v) is 16.2. The summed E-state index contributed by atoms with van der Waals surface area (Å²) < 4.78 is 6.07. The first-order valence-corrected chi connectivity index (χ1v) is 10.1. The number of benzene rings is 1. The lowest BCUT2D eigenvalue weighted by Gasteiger charge is -2.11. The fourth-order valence-electron chi connectivity index (χ4n) is 2.80. The molecule has 0 amide bonds. The molecule has 0 saturated heterocycles. The van der Waals surface area contributed by atoms with Gasteiger partial charge in [-0.2, -0.15) is 5.10 Å². The van der Waals surface area contributed by atoms with E-state index in [-0.39, 0.29) is 0 Å². The zero-order chi connectivity index (χ0) is 17.9. The van der Waals surface area contributed by atoms with E-state index in [1.807, 2.05) is 10.8 Å². The highest BCUT2D eigenvalue weighted by atomic mass is 32.1. The first-order valence-electron chi connectivity index (χ1n) is 8.37. The fourth-order valence-corrected chi connectivity index (χ4v) is 3.85. The lowest BCUT2D eigenvalue weighted by molar-refractivity contribution is 0.308. The van der Waals surface area contributed by atoms with Crippen molar-refractivity contribution in [3.05, 3.63) is 45.9 Å². The van der Waals surface area contributed by atoms with Gasteiger partial charge >= 0.3 is 0 Å². The van der Waals surface area contributed by atoms with Crippen LogP contribution >= 0.6 is 22.7 Å². The standard InChI is InChI=1S/C18H19N5OS2/c1-11(2)7-12-8-13-16(14(9-12)24-10-15-19-3-5-25-15)22-23-17(13)21-18-20-4-6-26-18/h3-6,8-9,11H,7,10H2,1-2H3,(H2,20,21,22,23). The number of aromatic nitrogens is 4. The summed E-state index contributed by atoms with van der Waals surface area (Å²) in [6.45, 7) is 4.88.